The number of aryl methyl sites for hydroxylation is 1. The Hall–Kier alpha value is -2.46. The summed E-state index contributed by atoms with van der Waals surface area (Å²) in [6.45, 7) is 2.63. The van der Waals surface area contributed by atoms with E-state index in [-0.39, 0.29) is 13.2 Å². The number of ether oxygens (including phenoxy) is 1. The molecule has 0 aliphatic carbocycles. The van der Waals surface area contributed by atoms with Crippen molar-refractivity contribution in [2.75, 3.05) is 0 Å². The molecule has 27 heavy (non-hydrogen) atoms. The van der Waals surface area contributed by atoms with Gasteiger partial charge in [-0.15, -0.1) is 0 Å². The second-order valence-corrected chi connectivity index (χ2v) is 8.36. The van der Waals surface area contributed by atoms with Gasteiger partial charge in [-0.2, -0.15) is 0 Å². The normalized spacial score (nSPS) is 19.1. The summed E-state index contributed by atoms with van der Waals surface area (Å²) in [5.74, 6) is 0.668. The Labute approximate surface area is 158 Å². The lowest BCUT2D eigenvalue weighted by molar-refractivity contribution is 0.214. The molecule has 0 fully saturated rings. The number of nitrogens with zero attached hydrogens (tertiary/aromatic N) is 1. The molecule has 3 aromatic rings. The fourth-order valence-electron chi connectivity index (χ4n) is 2.98. The Morgan fingerprint density at radius 2 is 1.67 bits per heavy atom. The minimum atomic E-state index is -3.39. The van der Waals surface area contributed by atoms with E-state index in [1.165, 1.54) is 0 Å². The highest BCUT2D eigenvalue weighted by Crippen LogP contribution is 2.51. The fraction of sp³-hybridized carbons (Fsp3) is 0.190. The molecule has 1 atom stereocenters. The van der Waals surface area contributed by atoms with Gasteiger partial charge in [0.1, 0.15) is 12.4 Å². The van der Waals surface area contributed by atoms with Crippen LogP contribution in [-0.2, 0) is 33.4 Å². The third kappa shape index (κ3) is 3.81. The van der Waals surface area contributed by atoms with Gasteiger partial charge < -0.3 is 13.8 Å². The molecule has 0 saturated carbocycles. The topological polar surface area (TPSA) is 57.7 Å². The zero-order chi connectivity index (χ0) is 18.7. The highest BCUT2D eigenvalue weighted by Gasteiger charge is 2.32. The van der Waals surface area contributed by atoms with Crippen LogP contribution in [-0.4, -0.2) is 4.98 Å². The number of pyridine rings is 1. The molecule has 1 unspecified atom stereocenters. The summed E-state index contributed by atoms with van der Waals surface area (Å²) >= 11 is 0. The maximum absolute atomic E-state index is 13.2. The molecule has 1 aromatic heterocycles. The van der Waals surface area contributed by atoms with Crippen molar-refractivity contribution in [1.29, 1.82) is 0 Å². The zero-order valence-electron chi connectivity index (χ0n) is 15.0. The van der Waals surface area contributed by atoms with E-state index < -0.39 is 7.60 Å². The Kier molecular flexibility index (Phi) is 5.08. The Morgan fingerprint density at radius 3 is 2.41 bits per heavy atom. The molecule has 138 valence electrons. The Bertz CT molecular complexity index is 976. The van der Waals surface area contributed by atoms with Gasteiger partial charge in [0, 0.05) is 17.3 Å². The molecular formula is C21H20NO4P. The summed E-state index contributed by atoms with van der Waals surface area (Å²) in [7, 11) is -3.39. The molecule has 2 heterocycles. The van der Waals surface area contributed by atoms with Crippen molar-refractivity contribution in [2.45, 2.75) is 26.7 Å². The lowest BCUT2D eigenvalue weighted by atomic mass is 10.1. The lowest BCUT2D eigenvalue weighted by Crippen LogP contribution is -2.08. The van der Waals surface area contributed by atoms with Gasteiger partial charge in [0.25, 0.3) is 0 Å². The van der Waals surface area contributed by atoms with Crippen molar-refractivity contribution in [3.63, 3.8) is 0 Å². The van der Waals surface area contributed by atoms with E-state index in [2.05, 4.69) is 4.98 Å². The van der Waals surface area contributed by atoms with E-state index in [1.54, 1.807) is 18.3 Å². The molecule has 2 aromatic carbocycles. The molecule has 0 spiro atoms. The van der Waals surface area contributed by atoms with Crippen molar-refractivity contribution in [3.05, 3.63) is 89.2 Å². The summed E-state index contributed by atoms with van der Waals surface area (Å²) < 4.78 is 30.7. The van der Waals surface area contributed by atoms with Crippen LogP contribution in [0.4, 0.5) is 0 Å². The number of aromatic nitrogens is 1. The maximum atomic E-state index is 13.2. The van der Waals surface area contributed by atoms with E-state index in [4.69, 9.17) is 13.8 Å². The van der Waals surface area contributed by atoms with Crippen LogP contribution in [0.25, 0.3) is 0 Å². The van der Waals surface area contributed by atoms with Gasteiger partial charge >= 0.3 is 7.60 Å². The monoisotopic (exact) mass is 381 g/mol. The first-order valence-electron chi connectivity index (χ1n) is 8.74. The molecule has 5 nitrogen and oxygen atoms in total. The molecule has 0 bridgehead atoms. The lowest BCUT2D eigenvalue weighted by Gasteiger charge is -2.16. The summed E-state index contributed by atoms with van der Waals surface area (Å²) in [6, 6.07) is 19.0. The largest absolute Gasteiger partial charge is 0.487 e. The van der Waals surface area contributed by atoms with Crippen LogP contribution in [0.3, 0.4) is 0 Å². The van der Waals surface area contributed by atoms with Gasteiger partial charge in [-0.3, -0.25) is 9.55 Å². The van der Waals surface area contributed by atoms with Gasteiger partial charge in [-0.1, -0.05) is 48.5 Å². The second kappa shape index (κ2) is 7.65. The van der Waals surface area contributed by atoms with Crippen molar-refractivity contribution < 1.29 is 18.3 Å². The maximum Gasteiger partial charge on any atom is 0.361 e. The third-order valence-corrected chi connectivity index (χ3v) is 6.34. The van der Waals surface area contributed by atoms with E-state index >= 15 is 0 Å². The third-order valence-electron chi connectivity index (χ3n) is 4.47. The van der Waals surface area contributed by atoms with Crippen LogP contribution in [0.15, 0.2) is 66.9 Å². The van der Waals surface area contributed by atoms with Crippen LogP contribution in [0, 0.1) is 6.92 Å². The van der Waals surface area contributed by atoms with Gasteiger partial charge in [0.05, 0.1) is 24.2 Å². The summed E-state index contributed by atoms with van der Waals surface area (Å²) in [5.41, 5.74) is 3.50. The minimum Gasteiger partial charge on any atom is -0.487 e. The van der Waals surface area contributed by atoms with E-state index in [0.29, 0.717) is 17.7 Å². The van der Waals surface area contributed by atoms with Crippen molar-refractivity contribution >= 4 is 12.9 Å². The predicted octanol–water partition coefficient (Wildman–Crippen LogP) is 4.53. The first-order valence-corrected chi connectivity index (χ1v) is 10.3. The Morgan fingerprint density at radius 1 is 1.00 bits per heavy atom. The zero-order valence-corrected chi connectivity index (χ0v) is 15.9. The molecule has 0 saturated heterocycles. The predicted molar refractivity (Wildman–Crippen MR) is 103 cm³/mol. The standard InChI is InChI=1S/C21H20NO4P/c1-16-21(24-13-17-8-4-2-5-9-17)20-15-26-27(23,19-10-6-3-7-11-19)25-14-18(20)12-22-16/h2-12H,13-15H2,1H3. The number of benzene rings is 2. The SMILES string of the molecule is Cc1ncc2c(c1OCc1ccccc1)COP(=O)(c1ccccc1)OC2. The Balaban J connectivity index is 1.61. The molecule has 1 aliphatic heterocycles. The van der Waals surface area contributed by atoms with Gasteiger partial charge in [0.15, 0.2) is 0 Å². The van der Waals surface area contributed by atoms with Crippen LogP contribution in [0.2, 0.25) is 0 Å². The average Bonchev–Trinajstić information content (AvgIpc) is 2.89. The van der Waals surface area contributed by atoms with Crippen molar-refractivity contribution in [1.82, 2.24) is 4.98 Å². The molecule has 1 aliphatic rings. The number of rotatable bonds is 4. The van der Waals surface area contributed by atoms with Crippen molar-refractivity contribution in [3.8, 4) is 5.75 Å². The summed E-state index contributed by atoms with van der Waals surface area (Å²) in [6.07, 6.45) is 1.74. The fourth-order valence-corrected chi connectivity index (χ4v) is 4.50. The number of fused-ring (bicyclic) bond motifs is 1. The molecule has 0 amide bonds. The van der Waals surface area contributed by atoms with Crippen molar-refractivity contribution in [2.24, 2.45) is 0 Å². The van der Waals surface area contributed by atoms with Gasteiger partial charge in [-0.25, -0.2) is 0 Å². The van der Waals surface area contributed by atoms with Crippen LogP contribution in [0.1, 0.15) is 22.4 Å². The van der Waals surface area contributed by atoms with Gasteiger partial charge in [-0.05, 0) is 24.6 Å². The summed E-state index contributed by atoms with van der Waals surface area (Å²) in [5, 5.41) is 0.550. The van der Waals surface area contributed by atoms with E-state index in [9.17, 15) is 4.57 Å². The highest BCUT2D eigenvalue weighted by molar-refractivity contribution is 7.62. The summed E-state index contributed by atoms with van der Waals surface area (Å²) in [4.78, 5) is 4.42. The van der Waals surface area contributed by atoms with Crippen LogP contribution in [0.5, 0.6) is 5.75 Å². The average molecular weight is 381 g/mol. The van der Waals surface area contributed by atoms with Crippen LogP contribution >= 0.6 is 7.60 Å². The van der Waals surface area contributed by atoms with Gasteiger partial charge in [0.2, 0.25) is 0 Å². The quantitative estimate of drug-likeness (QED) is 0.622. The molecule has 0 N–H and O–H groups in total. The first-order chi connectivity index (χ1) is 13.2. The molecule has 6 heteroatoms. The van der Waals surface area contributed by atoms with Crippen LogP contribution < -0.4 is 10.0 Å². The molecular weight excluding hydrogens is 361 g/mol. The van der Waals surface area contributed by atoms with E-state index in [0.717, 1.165) is 22.4 Å². The number of hydrogen-bond acceptors (Lipinski definition) is 5. The highest BCUT2D eigenvalue weighted by atomic mass is 31.2. The molecule has 0 radical (unpaired) electrons. The minimum absolute atomic E-state index is 0.148. The number of hydrogen-bond donors (Lipinski definition) is 0. The smallest absolute Gasteiger partial charge is 0.361 e. The van der Waals surface area contributed by atoms with E-state index in [1.807, 2.05) is 55.5 Å². The second-order valence-electron chi connectivity index (χ2n) is 6.33. The first kappa shape index (κ1) is 17.9. The molecule has 4 rings (SSSR count).